The molecule has 0 aromatic carbocycles. The van der Waals surface area contributed by atoms with Gasteiger partial charge < -0.3 is 17.7 Å². The summed E-state index contributed by atoms with van der Waals surface area (Å²) in [6.45, 7) is 25.2. The predicted octanol–water partition coefficient (Wildman–Crippen LogP) is 6.72. The molecule has 0 saturated carbocycles. The SMILES string of the molecule is CCCO[Si](C[Si](OCCC)(OCCC)C(C)(C)C)(OCCC)C(C)(C)C. The highest BCUT2D eigenvalue weighted by molar-refractivity contribution is 6.88. The summed E-state index contributed by atoms with van der Waals surface area (Å²) in [6, 6.07) is 0. The molecule has 6 heteroatoms. The molecule has 0 rings (SSSR count). The molecule has 0 aliphatic rings. The first-order valence-electron chi connectivity index (χ1n) is 11.0. The van der Waals surface area contributed by atoms with E-state index in [0.29, 0.717) is 0 Å². The summed E-state index contributed by atoms with van der Waals surface area (Å²) < 4.78 is 26.6. The Hall–Kier alpha value is 0.274. The van der Waals surface area contributed by atoms with Crippen LogP contribution < -0.4 is 0 Å². The van der Waals surface area contributed by atoms with E-state index < -0.39 is 17.1 Å². The molecule has 164 valence electrons. The van der Waals surface area contributed by atoms with Crippen LogP contribution in [0.5, 0.6) is 0 Å². The second kappa shape index (κ2) is 12.1. The zero-order chi connectivity index (χ0) is 21.2. The van der Waals surface area contributed by atoms with Gasteiger partial charge in [0, 0.05) is 42.2 Å². The molecule has 0 aromatic rings. The monoisotopic (exact) mass is 420 g/mol. The van der Waals surface area contributed by atoms with Crippen LogP contribution in [0, 0.1) is 0 Å². The molecule has 0 aliphatic heterocycles. The highest BCUT2D eigenvalue weighted by Gasteiger charge is 2.61. The molecule has 0 unspecified atom stereocenters. The van der Waals surface area contributed by atoms with E-state index in [1.165, 1.54) is 0 Å². The maximum absolute atomic E-state index is 6.65. The molecule has 0 heterocycles. The lowest BCUT2D eigenvalue weighted by Crippen LogP contribution is -2.62. The standard InChI is InChI=1S/C21H48O4Si2/c1-11-15-22-26(20(5,6)7,23-16-12-2)19-27(21(8,9)10,24-17-13-3)25-18-14-4/h11-19H2,1-10H3. The molecule has 0 saturated heterocycles. The lowest BCUT2D eigenvalue weighted by Gasteiger charge is -2.49. The fourth-order valence-electron chi connectivity index (χ4n) is 3.06. The second-order valence-corrected chi connectivity index (χ2v) is 18.2. The van der Waals surface area contributed by atoms with Crippen molar-refractivity contribution in [3.8, 4) is 0 Å². The minimum absolute atomic E-state index is 0.0496. The number of rotatable bonds is 14. The first-order valence-corrected chi connectivity index (χ1v) is 15.1. The normalized spacial score (nSPS) is 14.0. The third-order valence-electron chi connectivity index (χ3n) is 4.91. The van der Waals surface area contributed by atoms with Crippen molar-refractivity contribution >= 4 is 17.1 Å². The molecule has 0 aliphatic carbocycles. The van der Waals surface area contributed by atoms with Crippen LogP contribution in [0.1, 0.15) is 94.9 Å². The predicted molar refractivity (Wildman–Crippen MR) is 121 cm³/mol. The van der Waals surface area contributed by atoms with Crippen molar-refractivity contribution in [1.82, 2.24) is 0 Å². The highest BCUT2D eigenvalue weighted by Crippen LogP contribution is 2.49. The van der Waals surface area contributed by atoms with Gasteiger partial charge in [-0.25, -0.2) is 0 Å². The van der Waals surface area contributed by atoms with Crippen molar-refractivity contribution in [1.29, 1.82) is 0 Å². The molecule has 0 bridgehead atoms. The van der Waals surface area contributed by atoms with Gasteiger partial charge in [-0.15, -0.1) is 0 Å². The van der Waals surface area contributed by atoms with E-state index >= 15 is 0 Å². The molecular weight excluding hydrogens is 372 g/mol. The van der Waals surface area contributed by atoms with Crippen LogP contribution in [0.4, 0.5) is 0 Å². The average Bonchev–Trinajstić information content (AvgIpc) is 2.57. The molecule has 0 N–H and O–H groups in total. The Morgan fingerprint density at radius 2 is 0.704 bits per heavy atom. The minimum atomic E-state index is -2.57. The van der Waals surface area contributed by atoms with Crippen LogP contribution in [0.2, 0.25) is 15.7 Å². The molecule has 0 aromatic heterocycles. The first-order chi connectivity index (χ1) is 12.4. The van der Waals surface area contributed by atoms with E-state index in [0.717, 1.165) is 57.8 Å². The minimum Gasteiger partial charge on any atom is -0.394 e. The van der Waals surface area contributed by atoms with Gasteiger partial charge in [-0.3, -0.25) is 0 Å². The van der Waals surface area contributed by atoms with Crippen LogP contribution in [0.25, 0.3) is 0 Å². The summed E-state index contributed by atoms with van der Waals surface area (Å²) in [4.78, 5) is 0. The maximum atomic E-state index is 6.65. The van der Waals surface area contributed by atoms with Crippen LogP contribution in [-0.2, 0) is 17.7 Å². The third kappa shape index (κ3) is 7.90. The Morgan fingerprint density at radius 3 is 0.852 bits per heavy atom. The Labute approximate surface area is 172 Å². The van der Waals surface area contributed by atoms with E-state index in [9.17, 15) is 0 Å². The van der Waals surface area contributed by atoms with Crippen molar-refractivity contribution in [3.05, 3.63) is 0 Å². The Balaban J connectivity index is 6.17. The van der Waals surface area contributed by atoms with Crippen LogP contribution in [-0.4, -0.2) is 43.5 Å². The Morgan fingerprint density at radius 1 is 0.481 bits per heavy atom. The lowest BCUT2D eigenvalue weighted by atomic mass is 10.2. The molecule has 0 radical (unpaired) electrons. The summed E-state index contributed by atoms with van der Waals surface area (Å²) in [6.07, 6.45) is 3.98. The quantitative estimate of drug-likeness (QED) is 0.292. The van der Waals surface area contributed by atoms with Gasteiger partial charge in [-0.05, 0) is 25.7 Å². The Kier molecular flexibility index (Phi) is 12.2. The van der Waals surface area contributed by atoms with E-state index in [-0.39, 0.29) is 10.1 Å². The lowest BCUT2D eigenvalue weighted by molar-refractivity contribution is 0.125. The smallest absolute Gasteiger partial charge is 0.345 e. The van der Waals surface area contributed by atoms with Crippen molar-refractivity contribution < 1.29 is 17.7 Å². The zero-order valence-electron chi connectivity index (χ0n) is 20.0. The molecule has 27 heavy (non-hydrogen) atoms. The van der Waals surface area contributed by atoms with E-state index in [4.69, 9.17) is 17.7 Å². The zero-order valence-corrected chi connectivity index (χ0v) is 22.0. The molecule has 0 spiro atoms. The van der Waals surface area contributed by atoms with Gasteiger partial charge in [-0.1, -0.05) is 69.2 Å². The maximum Gasteiger partial charge on any atom is 0.345 e. The average molecular weight is 421 g/mol. The summed E-state index contributed by atoms with van der Waals surface area (Å²) >= 11 is 0. The number of hydrogen-bond donors (Lipinski definition) is 0. The van der Waals surface area contributed by atoms with Gasteiger partial charge in [0.2, 0.25) is 0 Å². The van der Waals surface area contributed by atoms with Gasteiger partial charge in [0.05, 0.1) is 0 Å². The molecule has 0 amide bonds. The van der Waals surface area contributed by atoms with Crippen molar-refractivity contribution in [2.45, 2.75) is 111 Å². The first kappa shape index (κ1) is 27.3. The van der Waals surface area contributed by atoms with Crippen LogP contribution in [0.15, 0.2) is 0 Å². The van der Waals surface area contributed by atoms with Crippen molar-refractivity contribution in [2.24, 2.45) is 0 Å². The second-order valence-electron chi connectivity index (χ2n) is 9.58. The van der Waals surface area contributed by atoms with E-state index in [2.05, 4.69) is 69.2 Å². The van der Waals surface area contributed by atoms with Crippen LogP contribution in [0.3, 0.4) is 0 Å². The van der Waals surface area contributed by atoms with Gasteiger partial charge in [0.25, 0.3) is 0 Å². The van der Waals surface area contributed by atoms with Crippen LogP contribution >= 0.6 is 0 Å². The fraction of sp³-hybridized carbons (Fsp3) is 1.00. The molecular formula is C21H48O4Si2. The summed E-state index contributed by atoms with van der Waals surface area (Å²) in [5.41, 5.74) is 0.826. The third-order valence-corrected chi connectivity index (χ3v) is 15.9. The Bertz CT molecular complexity index is 337. The van der Waals surface area contributed by atoms with Crippen molar-refractivity contribution in [3.63, 3.8) is 0 Å². The summed E-state index contributed by atoms with van der Waals surface area (Å²) in [7, 11) is -5.15. The molecule has 0 fully saturated rings. The largest absolute Gasteiger partial charge is 0.394 e. The summed E-state index contributed by atoms with van der Waals surface area (Å²) in [5, 5.41) is -0.0992. The van der Waals surface area contributed by atoms with Gasteiger partial charge in [0.15, 0.2) is 0 Å². The van der Waals surface area contributed by atoms with Gasteiger partial charge >= 0.3 is 17.1 Å². The molecule has 4 nitrogen and oxygen atoms in total. The highest BCUT2D eigenvalue weighted by atomic mass is 28.4. The fourth-order valence-corrected chi connectivity index (χ4v) is 15.4. The topological polar surface area (TPSA) is 36.9 Å². The van der Waals surface area contributed by atoms with Crippen molar-refractivity contribution in [2.75, 3.05) is 26.4 Å². The van der Waals surface area contributed by atoms with E-state index in [1.807, 2.05) is 0 Å². The number of hydrogen-bond acceptors (Lipinski definition) is 4. The van der Waals surface area contributed by atoms with E-state index in [1.54, 1.807) is 0 Å². The van der Waals surface area contributed by atoms with Gasteiger partial charge in [0.1, 0.15) is 0 Å². The summed E-state index contributed by atoms with van der Waals surface area (Å²) in [5.74, 6) is 0. The molecule has 0 atom stereocenters. The van der Waals surface area contributed by atoms with Gasteiger partial charge in [-0.2, -0.15) is 0 Å².